The maximum Gasteiger partial charge on any atom is 0.217 e. The van der Waals surface area contributed by atoms with Gasteiger partial charge in [0.25, 0.3) is 0 Å². The van der Waals surface area contributed by atoms with Gasteiger partial charge < -0.3 is 5.32 Å². The van der Waals surface area contributed by atoms with E-state index in [0.29, 0.717) is 6.54 Å². The van der Waals surface area contributed by atoms with Crippen LogP contribution < -0.4 is 5.32 Å². The van der Waals surface area contributed by atoms with Crippen molar-refractivity contribution in [3.05, 3.63) is 33.8 Å². The van der Waals surface area contributed by atoms with Gasteiger partial charge in [0.2, 0.25) is 5.91 Å². The molecule has 0 spiro atoms. The van der Waals surface area contributed by atoms with E-state index in [1.54, 1.807) is 0 Å². The number of carbonyl (C=O) groups excluding carboxylic acids is 1. The van der Waals surface area contributed by atoms with Crippen molar-refractivity contribution in [1.29, 1.82) is 0 Å². The van der Waals surface area contributed by atoms with Gasteiger partial charge in [-0.15, -0.1) is 0 Å². The van der Waals surface area contributed by atoms with Crippen LogP contribution in [0.2, 0.25) is 0 Å². The number of alkyl halides is 1. The molecule has 0 fully saturated rings. The van der Waals surface area contributed by atoms with Crippen LogP contribution in [0, 0.1) is 0 Å². The van der Waals surface area contributed by atoms with Crippen molar-refractivity contribution in [2.75, 3.05) is 0 Å². The van der Waals surface area contributed by atoms with Crippen molar-refractivity contribution in [1.82, 2.24) is 5.32 Å². The van der Waals surface area contributed by atoms with Crippen molar-refractivity contribution in [2.24, 2.45) is 0 Å². The Kier molecular flexibility index (Phi) is 4.62. The number of carbonyl (C=O) groups is 1. The fourth-order valence-corrected chi connectivity index (χ4v) is 1.95. The predicted octanol–water partition coefficient (Wildman–Crippen LogP) is 2.98. The molecular formula is C10H11Br2NO. The fourth-order valence-electron chi connectivity index (χ4n) is 1.04. The first-order valence-corrected chi connectivity index (χ1v) is 6.12. The van der Waals surface area contributed by atoms with E-state index in [0.717, 1.165) is 15.4 Å². The van der Waals surface area contributed by atoms with Crippen LogP contribution >= 0.6 is 31.9 Å². The Balaban J connectivity index is 2.73. The number of hydrogen-bond donors (Lipinski definition) is 1. The lowest BCUT2D eigenvalue weighted by Crippen LogP contribution is -2.19. The summed E-state index contributed by atoms with van der Waals surface area (Å²) in [6.07, 6.45) is 0. The lowest BCUT2D eigenvalue weighted by molar-refractivity contribution is -0.119. The summed E-state index contributed by atoms with van der Waals surface area (Å²) in [6, 6.07) is 6.10. The topological polar surface area (TPSA) is 29.1 Å². The molecule has 4 heteroatoms. The SMILES string of the molecule is CC(=O)NCc1ccc(CBr)cc1Br. The fraction of sp³-hybridized carbons (Fsp3) is 0.300. The Labute approximate surface area is 100 Å². The summed E-state index contributed by atoms with van der Waals surface area (Å²) in [4.78, 5) is 10.7. The highest BCUT2D eigenvalue weighted by molar-refractivity contribution is 9.10. The zero-order chi connectivity index (χ0) is 10.6. The van der Waals surface area contributed by atoms with Gasteiger partial charge in [-0.05, 0) is 17.2 Å². The third-order valence-electron chi connectivity index (χ3n) is 1.80. The van der Waals surface area contributed by atoms with Crippen LogP contribution in [0.3, 0.4) is 0 Å². The normalized spacial score (nSPS) is 9.93. The van der Waals surface area contributed by atoms with Gasteiger partial charge in [0.1, 0.15) is 0 Å². The molecule has 0 bridgehead atoms. The molecule has 76 valence electrons. The molecule has 1 aromatic carbocycles. The molecule has 0 saturated carbocycles. The van der Waals surface area contributed by atoms with Crippen LogP contribution in [-0.2, 0) is 16.7 Å². The highest BCUT2D eigenvalue weighted by Crippen LogP contribution is 2.19. The summed E-state index contributed by atoms with van der Waals surface area (Å²) in [7, 11) is 0. The highest BCUT2D eigenvalue weighted by Gasteiger charge is 2.01. The second kappa shape index (κ2) is 5.51. The molecule has 0 unspecified atom stereocenters. The molecule has 0 aliphatic rings. The van der Waals surface area contributed by atoms with Crippen molar-refractivity contribution in [3.63, 3.8) is 0 Å². The monoisotopic (exact) mass is 319 g/mol. The van der Waals surface area contributed by atoms with Gasteiger partial charge in [-0.25, -0.2) is 0 Å². The van der Waals surface area contributed by atoms with Gasteiger partial charge in [-0.1, -0.05) is 44.0 Å². The molecule has 1 rings (SSSR count). The molecule has 1 amide bonds. The molecule has 0 saturated heterocycles. The van der Waals surface area contributed by atoms with E-state index in [-0.39, 0.29) is 5.91 Å². The van der Waals surface area contributed by atoms with Crippen molar-refractivity contribution in [2.45, 2.75) is 18.8 Å². The number of amides is 1. The Morgan fingerprint density at radius 1 is 1.50 bits per heavy atom. The van der Waals surface area contributed by atoms with E-state index < -0.39 is 0 Å². The average Bonchev–Trinajstić information content (AvgIpc) is 2.15. The minimum Gasteiger partial charge on any atom is -0.352 e. The summed E-state index contributed by atoms with van der Waals surface area (Å²) in [5, 5.41) is 3.60. The number of hydrogen-bond acceptors (Lipinski definition) is 1. The first kappa shape index (κ1) is 11.7. The molecule has 0 aliphatic carbocycles. The molecule has 1 N–H and O–H groups in total. The van der Waals surface area contributed by atoms with Crippen molar-refractivity contribution >= 4 is 37.8 Å². The maximum absolute atomic E-state index is 10.7. The van der Waals surface area contributed by atoms with E-state index in [1.807, 2.05) is 18.2 Å². The Morgan fingerprint density at radius 2 is 2.21 bits per heavy atom. The molecule has 0 aliphatic heterocycles. The summed E-state index contributed by atoms with van der Waals surface area (Å²) >= 11 is 6.85. The number of rotatable bonds is 3. The van der Waals surface area contributed by atoms with E-state index in [4.69, 9.17) is 0 Å². The van der Waals surface area contributed by atoms with Crippen molar-refractivity contribution < 1.29 is 4.79 Å². The number of halogens is 2. The predicted molar refractivity (Wildman–Crippen MR) is 64.3 cm³/mol. The quantitative estimate of drug-likeness (QED) is 0.852. The lowest BCUT2D eigenvalue weighted by atomic mass is 10.1. The van der Waals surface area contributed by atoms with Crippen LogP contribution in [0.5, 0.6) is 0 Å². The Morgan fingerprint density at radius 3 is 2.71 bits per heavy atom. The Bertz CT molecular complexity index is 339. The second-order valence-electron chi connectivity index (χ2n) is 2.97. The summed E-state index contributed by atoms with van der Waals surface area (Å²) in [5.41, 5.74) is 2.30. The third kappa shape index (κ3) is 3.42. The highest BCUT2D eigenvalue weighted by atomic mass is 79.9. The smallest absolute Gasteiger partial charge is 0.217 e. The third-order valence-corrected chi connectivity index (χ3v) is 3.19. The largest absolute Gasteiger partial charge is 0.352 e. The minimum atomic E-state index is -0.0125. The van der Waals surface area contributed by atoms with Crippen LogP contribution in [0.25, 0.3) is 0 Å². The lowest BCUT2D eigenvalue weighted by Gasteiger charge is -2.06. The van der Waals surface area contributed by atoms with Gasteiger partial charge >= 0.3 is 0 Å². The van der Waals surface area contributed by atoms with Crippen LogP contribution in [-0.4, -0.2) is 5.91 Å². The minimum absolute atomic E-state index is 0.0125. The summed E-state index contributed by atoms with van der Waals surface area (Å²) in [5.74, 6) is -0.0125. The first-order valence-electron chi connectivity index (χ1n) is 4.21. The zero-order valence-corrected chi connectivity index (χ0v) is 11.0. The molecule has 1 aromatic rings. The van der Waals surface area contributed by atoms with Gasteiger partial charge in [-0.3, -0.25) is 4.79 Å². The number of nitrogens with one attached hydrogen (secondary N) is 1. The average molecular weight is 321 g/mol. The second-order valence-corrected chi connectivity index (χ2v) is 4.38. The molecular weight excluding hydrogens is 310 g/mol. The van der Waals surface area contributed by atoms with E-state index in [2.05, 4.69) is 37.2 Å². The molecule has 0 heterocycles. The summed E-state index contributed by atoms with van der Waals surface area (Å²) in [6.45, 7) is 2.08. The van der Waals surface area contributed by atoms with Crippen LogP contribution in [0.15, 0.2) is 22.7 Å². The van der Waals surface area contributed by atoms with Crippen molar-refractivity contribution in [3.8, 4) is 0 Å². The van der Waals surface area contributed by atoms with Crippen LogP contribution in [0.1, 0.15) is 18.1 Å². The van der Waals surface area contributed by atoms with E-state index in [1.165, 1.54) is 12.5 Å². The molecule has 0 atom stereocenters. The van der Waals surface area contributed by atoms with E-state index >= 15 is 0 Å². The molecule has 2 nitrogen and oxygen atoms in total. The zero-order valence-electron chi connectivity index (χ0n) is 7.81. The van der Waals surface area contributed by atoms with Crippen LogP contribution in [0.4, 0.5) is 0 Å². The molecule has 14 heavy (non-hydrogen) atoms. The van der Waals surface area contributed by atoms with E-state index in [9.17, 15) is 4.79 Å². The van der Waals surface area contributed by atoms with Gasteiger partial charge in [0.15, 0.2) is 0 Å². The molecule has 0 aromatic heterocycles. The van der Waals surface area contributed by atoms with Gasteiger partial charge in [0, 0.05) is 23.3 Å². The Hall–Kier alpha value is -0.350. The van der Waals surface area contributed by atoms with Gasteiger partial charge in [0.05, 0.1) is 0 Å². The number of benzene rings is 1. The molecule has 0 radical (unpaired) electrons. The standard InChI is InChI=1S/C10H11Br2NO/c1-7(14)13-6-9-3-2-8(5-11)4-10(9)12/h2-4H,5-6H2,1H3,(H,13,14). The van der Waals surface area contributed by atoms with Gasteiger partial charge in [-0.2, -0.15) is 0 Å². The maximum atomic E-state index is 10.7. The first-order chi connectivity index (χ1) is 6.63. The summed E-state index contributed by atoms with van der Waals surface area (Å²) < 4.78 is 1.03.